The molecule has 0 unspecified atom stereocenters. The first-order valence-corrected chi connectivity index (χ1v) is 5.35. The Hall–Kier alpha value is -1.94. The fourth-order valence-corrected chi connectivity index (χ4v) is 1.88. The molecule has 1 N–H and O–H groups in total. The van der Waals surface area contributed by atoms with Crippen LogP contribution in [0.1, 0.15) is 10.4 Å². The molecule has 18 heavy (non-hydrogen) atoms. The van der Waals surface area contributed by atoms with Gasteiger partial charge in [-0.3, -0.25) is 0 Å². The molecule has 0 saturated carbocycles. The van der Waals surface area contributed by atoms with Crippen LogP contribution in [0.5, 0.6) is 0 Å². The maximum Gasteiger partial charge on any atom is 0.335 e. The third-order valence-electron chi connectivity index (χ3n) is 2.45. The molecule has 5 heteroatoms. The molecule has 0 aliphatic carbocycles. The van der Waals surface area contributed by atoms with E-state index in [4.69, 9.17) is 16.7 Å². The van der Waals surface area contributed by atoms with E-state index in [0.29, 0.717) is 0 Å². The van der Waals surface area contributed by atoms with Crippen molar-refractivity contribution in [3.05, 3.63) is 58.6 Å². The van der Waals surface area contributed by atoms with Gasteiger partial charge in [0.1, 0.15) is 11.6 Å². The smallest absolute Gasteiger partial charge is 0.335 e. The van der Waals surface area contributed by atoms with Gasteiger partial charge in [-0.2, -0.15) is 0 Å². The van der Waals surface area contributed by atoms with Gasteiger partial charge in [0, 0.05) is 10.6 Å². The quantitative estimate of drug-likeness (QED) is 0.894. The lowest BCUT2D eigenvalue weighted by Crippen LogP contribution is -1.97. The van der Waals surface area contributed by atoms with Gasteiger partial charge in [0.05, 0.1) is 11.1 Å². The fraction of sp³-hybridized carbons (Fsp3) is 0. The highest BCUT2D eigenvalue weighted by Crippen LogP contribution is 2.32. The van der Waals surface area contributed by atoms with E-state index >= 15 is 0 Å². The second-order valence-corrected chi connectivity index (χ2v) is 4.00. The van der Waals surface area contributed by atoms with Crippen LogP contribution in [0.4, 0.5) is 8.78 Å². The highest BCUT2D eigenvalue weighted by molar-refractivity contribution is 6.33. The Morgan fingerprint density at radius 2 is 1.72 bits per heavy atom. The molecule has 0 radical (unpaired) electrons. The van der Waals surface area contributed by atoms with Gasteiger partial charge in [-0.05, 0) is 24.3 Å². The molecule has 0 aromatic heterocycles. The largest absolute Gasteiger partial charge is 0.478 e. The van der Waals surface area contributed by atoms with E-state index in [9.17, 15) is 13.6 Å². The first-order valence-electron chi connectivity index (χ1n) is 4.98. The summed E-state index contributed by atoms with van der Waals surface area (Å²) in [5.41, 5.74) is -0.183. The Labute approximate surface area is 106 Å². The number of halogens is 3. The molecule has 0 spiro atoms. The third-order valence-corrected chi connectivity index (χ3v) is 2.76. The molecule has 0 aliphatic rings. The van der Waals surface area contributed by atoms with Crippen molar-refractivity contribution in [3.8, 4) is 11.1 Å². The normalized spacial score (nSPS) is 10.4. The predicted molar refractivity (Wildman–Crippen MR) is 63.8 cm³/mol. The molecular weight excluding hydrogens is 262 g/mol. The second-order valence-electron chi connectivity index (χ2n) is 3.60. The van der Waals surface area contributed by atoms with Gasteiger partial charge in [-0.1, -0.05) is 23.7 Å². The minimum Gasteiger partial charge on any atom is -0.478 e. The van der Waals surface area contributed by atoms with Crippen LogP contribution in [0, 0.1) is 11.6 Å². The number of benzene rings is 2. The summed E-state index contributed by atoms with van der Waals surface area (Å²) in [5, 5.41) is 8.76. The fourth-order valence-electron chi connectivity index (χ4n) is 1.61. The molecule has 0 saturated heterocycles. The summed E-state index contributed by atoms with van der Waals surface area (Å²) >= 11 is 5.86. The molecule has 0 bridgehead atoms. The Balaban J connectivity index is 2.62. The second kappa shape index (κ2) is 4.74. The molecule has 2 rings (SSSR count). The van der Waals surface area contributed by atoms with Gasteiger partial charge in [0.15, 0.2) is 0 Å². The van der Waals surface area contributed by atoms with Crippen LogP contribution in [0.3, 0.4) is 0 Å². The minimum atomic E-state index is -1.16. The number of rotatable bonds is 2. The number of hydrogen-bond acceptors (Lipinski definition) is 1. The third kappa shape index (κ3) is 2.19. The zero-order valence-electron chi connectivity index (χ0n) is 8.95. The van der Waals surface area contributed by atoms with Crippen LogP contribution < -0.4 is 0 Å². The van der Waals surface area contributed by atoms with E-state index < -0.39 is 17.6 Å². The van der Waals surface area contributed by atoms with Crippen molar-refractivity contribution in [1.29, 1.82) is 0 Å². The van der Waals surface area contributed by atoms with Crippen LogP contribution in [-0.4, -0.2) is 11.1 Å². The highest BCUT2D eigenvalue weighted by atomic mass is 35.5. The van der Waals surface area contributed by atoms with E-state index in [1.165, 1.54) is 18.2 Å². The first kappa shape index (κ1) is 12.5. The van der Waals surface area contributed by atoms with E-state index in [-0.39, 0.29) is 21.7 Å². The molecule has 2 aromatic rings. The predicted octanol–water partition coefficient (Wildman–Crippen LogP) is 3.98. The van der Waals surface area contributed by atoms with Gasteiger partial charge in [-0.25, -0.2) is 13.6 Å². The van der Waals surface area contributed by atoms with Crippen molar-refractivity contribution in [2.24, 2.45) is 0 Å². The minimum absolute atomic E-state index is 0.0149. The maximum absolute atomic E-state index is 13.6. The molecule has 0 fully saturated rings. The topological polar surface area (TPSA) is 37.3 Å². The number of carboxylic acid groups (broad SMARTS) is 1. The maximum atomic E-state index is 13.6. The summed E-state index contributed by atoms with van der Waals surface area (Å²) in [6.45, 7) is 0. The van der Waals surface area contributed by atoms with Crippen molar-refractivity contribution in [2.75, 3.05) is 0 Å². The Kier molecular flexibility index (Phi) is 3.30. The monoisotopic (exact) mass is 268 g/mol. The van der Waals surface area contributed by atoms with Crippen LogP contribution in [-0.2, 0) is 0 Å². The zero-order valence-corrected chi connectivity index (χ0v) is 9.71. The van der Waals surface area contributed by atoms with Crippen molar-refractivity contribution < 1.29 is 18.7 Å². The molecule has 0 aliphatic heterocycles. The van der Waals surface area contributed by atoms with E-state index in [1.54, 1.807) is 0 Å². The average Bonchev–Trinajstić information content (AvgIpc) is 2.30. The number of aromatic carboxylic acids is 1. The van der Waals surface area contributed by atoms with Gasteiger partial charge in [-0.15, -0.1) is 0 Å². The molecule has 0 heterocycles. The molecule has 92 valence electrons. The van der Waals surface area contributed by atoms with Crippen molar-refractivity contribution in [2.45, 2.75) is 0 Å². The molecular formula is C13H7ClF2O2. The Morgan fingerprint density at radius 3 is 2.22 bits per heavy atom. The summed E-state index contributed by atoms with van der Waals surface area (Å²) in [4.78, 5) is 10.7. The van der Waals surface area contributed by atoms with Gasteiger partial charge < -0.3 is 5.11 Å². The van der Waals surface area contributed by atoms with Crippen LogP contribution in [0.2, 0.25) is 5.02 Å². The highest BCUT2D eigenvalue weighted by Gasteiger charge is 2.15. The summed E-state index contributed by atoms with van der Waals surface area (Å²) < 4.78 is 27.1. The van der Waals surface area contributed by atoms with Crippen molar-refractivity contribution in [1.82, 2.24) is 0 Å². The van der Waals surface area contributed by atoms with Crippen LogP contribution in [0.25, 0.3) is 11.1 Å². The number of carbonyl (C=O) groups is 1. The van der Waals surface area contributed by atoms with Gasteiger partial charge in [0.2, 0.25) is 0 Å². The zero-order chi connectivity index (χ0) is 13.3. The van der Waals surface area contributed by atoms with Crippen LogP contribution in [0.15, 0.2) is 36.4 Å². The number of carboxylic acids is 1. The first-order chi connectivity index (χ1) is 8.50. The van der Waals surface area contributed by atoms with Crippen molar-refractivity contribution in [3.63, 3.8) is 0 Å². The molecule has 0 atom stereocenters. The number of hydrogen-bond donors (Lipinski definition) is 1. The molecule has 2 nitrogen and oxygen atoms in total. The summed E-state index contributed by atoms with van der Waals surface area (Å²) in [7, 11) is 0. The summed E-state index contributed by atoms with van der Waals surface area (Å²) in [6, 6.07) is 7.15. The van der Waals surface area contributed by atoms with E-state index in [2.05, 4.69) is 0 Å². The van der Waals surface area contributed by atoms with E-state index in [1.807, 2.05) is 0 Å². The van der Waals surface area contributed by atoms with E-state index in [0.717, 1.165) is 18.2 Å². The SMILES string of the molecule is O=C(O)c1ccc(-c2c(F)cccc2F)c(Cl)c1. The van der Waals surface area contributed by atoms with Crippen molar-refractivity contribution >= 4 is 17.6 Å². The Bertz CT molecular complexity index is 606. The summed E-state index contributed by atoms with van der Waals surface area (Å²) in [5.74, 6) is -2.66. The lowest BCUT2D eigenvalue weighted by Gasteiger charge is -2.08. The molecule has 0 amide bonds. The summed E-state index contributed by atoms with van der Waals surface area (Å²) in [6.07, 6.45) is 0. The molecule has 2 aromatic carbocycles. The Morgan fingerprint density at radius 1 is 1.11 bits per heavy atom. The average molecular weight is 269 g/mol. The standard InChI is InChI=1S/C13H7ClF2O2/c14-9-6-7(13(17)18)4-5-8(9)12-10(15)2-1-3-11(12)16/h1-6H,(H,17,18). The van der Waals surface area contributed by atoms with Crippen LogP contribution >= 0.6 is 11.6 Å². The lowest BCUT2D eigenvalue weighted by atomic mass is 10.0. The lowest BCUT2D eigenvalue weighted by molar-refractivity contribution is 0.0697. The van der Waals surface area contributed by atoms with Gasteiger partial charge >= 0.3 is 5.97 Å². The van der Waals surface area contributed by atoms with Gasteiger partial charge in [0.25, 0.3) is 0 Å².